The molecule has 2 aliphatic heterocycles. The minimum Gasteiger partial charge on any atom is -0.465 e. The Morgan fingerprint density at radius 3 is 2.74 bits per heavy atom. The van der Waals surface area contributed by atoms with E-state index in [1.54, 1.807) is 17.2 Å². The fourth-order valence-corrected chi connectivity index (χ4v) is 7.00. The number of nitrogens with one attached hydrogen (secondary N) is 2. The van der Waals surface area contributed by atoms with Crippen molar-refractivity contribution in [1.82, 2.24) is 14.6 Å². The van der Waals surface area contributed by atoms with E-state index in [2.05, 4.69) is 23.6 Å². The monoisotopic (exact) mass is 558 g/mol. The number of hydrogen-bond donors (Lipinski definition) is 3. The van der Waals surface area contributed by atoms with Gasteiger partial charge in [0, 0.05) is 35.9 Å². The number of amides is 2. The van der Waals surface area contributed by atoms with E-state index in [0.717, 1.165) is 16.5 Å². The molecule has 1 fully saturated rings. The first-order valence-electron chi connectivity index (χ1n) is 12.8. The third-order valence-corrected chi connectivity index (χ3v) is 9.16. The number of carbonyl (C=O) groups is 2. The molecule has 2 aliphatic rings. The second kappa shape index (κ2) is 10.2. The topological polar surface area (TPSA) is 123 Å². The number of rotatable bonds is 6. The fourth-order valence-electron chi connectivity index (χ4n) is 5.53. The van der Waals surface area contributed by atoms with E-state index in [-0.39, 0.29) is 16.8 Å². The second-order valence-electron chi connectivity index (χ2n) is 10.4. The number of fused-ring (bicyclic) bond motifs is 2. The van der Waals surface area contributed by atoms with Crippen molar-refractivity contribution in [2.24, 2.45) is 5.92 Å². The van der Waals surface area contributed by atoms with Gasteiger partial charge in [-0.1, -0.05) is 31.5 Å². The molecule has 1 aromatic heterocycles. The molecule has 0 spiro atoms. The molecule has 3 aromatic rings. The molecule has 1 saturated heterocycles. The maximum Gasteiger partial charge on any atom is 0.407 e. The van der Waals surface area contributed by atoms with E-state index >= 15 is 0 Å². The van der Waals surface area contributed by atoms with Gasteiger partial charge < -0.3 is 19.9 Å². The van der Waals surface area contributed by atoms with Gasteiger partial charge in [0.05, 0.1) is 16.0 Å². The van der Waals surface area contributed by atoms with E-state index in [9.17, 15) is 23.1 Å². The van der Waals surface area contributed by atoms with Crippen LogP contribution in [0.1, 0.15) is 50.3 Å². The molecule has 9 nitrogen and oxygen atoms in total. The van der Waals surface area contributed by atoms with Gasteiger partial charge in [0.2, 0.25) is 15.9 Å². The molecule has 202 valence electrons. The van der Waals surface area contributed by atoms with Crippen LogP contribution >= 0.6 is 11.6 Å². The maximum absolute atomic E-state index is 13.3. The number of carboxylic acid groups (broad SMARTS) is 1. The lowest BCUT2D eigenvalue weighted by molar-refractivity contribution is -0.118. The van der Waals surface area contributed by atoms with Crippen molar-refractivity contribution in [2.45, 2.75) is 56.5 Å². The molecular formula is C27H31ClN4O5S. The van der Waals surface area contributed by atoms with Gasteiger partial charge in [0.15, 0.2) is 0 Å². The second-order valence-corrected chi connectivity index (χ2v) is 12.5. The average Bonchev–Trinajstić information content (AvgIpc) is 3.35. The lowest BCUT2D eigenvalue weighted by atomic mass is 9.92. The van der Waals surface area contributed by atoms with Crippen molar-refractivity contribution in [3.63, 3.8) is 0 Å². The van der Waals surface area contributed by atoms with Crippen molar-refractivity contribution < 1.29 is 23.1 Å². The van der Waals surface area contributed by atoms with Crippen LogP contribution in [0.15, 0.2) is 47.5 Å². The van der Waals surface area contributed by atoms with Gasteiger partial charge in [-0.3, -0.25) is 4.79 Å². The molecule has 2 amide bonds. The largest absolute Gasteiger partial charge is 0.465 e. The molecule has 0 radical (unpaired) electrons. The van der Waals surface area contributed by atoms with Crippen molar-refractivity contribution in [2.75, 3.05) is 18.0 Å². The highest BCUT2D eigenvalue weighted by molar-refractivity contribution is 7.89. The number of aromatic nitrogens is 1. The van der Waals surface area contributed by atoms with Crippen LogP contribution in [0.3, 0.4) is 0 Å². The number of nitrogens with zero attached hydrogens (tertiary/aromatic N) is 2. The normalized spacial score (nSPS) is 20.3. The summed E-state index contributed by atoms with van der Waals surface area (Å²) >= 11 is 6.10. The minimum absolute atomic E-state index is 0.0546. The summed E-state index contributed by atoms with van der Waals surface area (Å²) in [4.78, 5) is 31.4. The molecular weight excluding hydrogens is 528 g/mol. The highest BCUT2D eigenvalue weighted by Crippen LogP contribution is 2.36. The molecule has 1 unspecified atom stereocenters. The van der Waals surface area contributed by atoms with Gasteiger partial charge in [0.25, 0.3) is 0 Å². The molecule has 3 heterocycles. The summed E-state index contributed by atoms with van der Waals surface area (Å²) in [6, 6.07) is 9.24. The zero-order valence-corrected chi connectivity index (χ0v) is 22.8. The van der Waals surface area contributed by atoms with E-state index in [1.807, 2.05) is 18.2 Å². The molecule has 3 N–H and O–H groups in total. The third-order valence-electron chi connectivity index (χ3n) is 7.37. The summed E-state index contributed by atoms with van der Waals surface area (Å²) in [5, 5.41) is 11.0. The standard InChI is InChI=1S/C27H31ClN4O5S/c1-16(2)12-25-20-7-5-18(13-17(20)4-3-10-32(25)27(34)35)31-11-9-23(26(31)33)30-38(36,37)19-6-8-21-22(28)15-29-24(21)14-19/h5-8,13-16,23,25,29-30H,3-4,9-12H2,1-2H3,(H,34,35)/t23-,25?/m0/s1. The van der Waals surface area contributed by atoms with Gasteiger partial charge in [-0.2, -0.15) is 4.72 Å². The Hall–Kier alpha value is -3.08. The SMILES string of the molecule is CC(C)CC1c2ccc(N3CC[C@H](NS(=O)(=O)c4ccc5c(Cl)c[nH]c5c4)C3=O)cc2CCCN1C(=O)O. The van der Waals surface area contributed by atoms with Crippen LogP contribution in [-0.4, -0.2) is 54.5 Å². The number of aromatic amines is 1. The van der Waals surface area contributed by atoms with E-state index < -0.39 is 22.2 Å². The predicted octanol–water partition coefficient (Wildman–Crippen LogP) is 4.92. The van der Waals surface area contributed by atoms with Crippen molar-refractivity contribution in [3.8, 4) is 0 Å². The van der Waals surface area contributed by atoms with Crippen molar-refractivity contribution in [1.29, 1.82) is 0 Å². The summed E-state index contributed by atoms with van der Waals surface area (Å²) in [5.74, 6) is 0.00755. The third kappa shape index (κ3) is 5.00. The number of aryl methyl sites for hydroxylation is 1. The summed E-state index contributed by atoms with van der Waals surface area (Å²) in [6.45, 7) is 5.00. The quantitative estimate of drug-likeness (QED) is 0.396. The van der Waals surface area contributed by atoms with Gasteiger partial charge >= 0.3 is 6.09 Å². The van der Waals surface area contributed by atoms with Crippen molar-refractivity contribution >= 4 is 50.2 Å². The Balaban J connectivity index is 1.36. The molecule has 5 rings (SSSR count). The number of halogens is 1. The lowest BCUT2D eigenvalue weighted by Crippen LogP contribution is -2.41. The minimum atomic E-state index is -3.94. The van der Waals surface area contributed by atoms with Crippen LogP contribution < -0.4 is 9.62 Å². The predicted molar refractivity (Wildman–Crippen MR) is 146 cm³/mol. The Morgan fingerprint density at radius 2 is 2.00 bits per heavy atom. The van der Waals surface area contributed by atoms with Crippen LogP contribution in [0.25, 0.3) is 10.9 Å². The Labute approximate surface area is 226 Å². The first-order valence-corrected chi connectivity index (χ1v) is 14.6. The fraction of sp³-hybridized carbons (Fsp3) is 0.407. The Bertz CT molecular complexity index is 1500. The van der Waals surface area contributed by atoms with E-state index in [0.29, 0.717) is 60.9 Å². The zero-order valence-electron chi connectivity index (χ0n) is 21.3. The average molecular weight is 559 g/mol. The number of H-pyrrole nitrogens is 1. The zero-order chi connectivity index (χ0) is 27.2. The molecule has 2 atom stereocenters. The molecule has 0 bridgehead atoms. The van der Waals surface area contributed by atoms with Gasteiger partial charge in [-0.05, 0) is 73.1 Å². The summed E-state index contributed by atoms with van der Waals surface area (Å²) in [7, 11) is -3.94. The highest BCUT2D eigenvalue weighted by atomic mass is 35.5. The van der Waals surface area contributed by atoms with Crippen LogP contribution in [0.5, 0.6) is 0 Å². The number of carbonyl (C=O) groups excluding carboxylic acids is 1. The van der Waals surface area contributed by atoms with Gasteiger partial charge in [-0.25, -0.2) is 13.2 Å². The smallest absolute Gasteiger partial charge is 0.407 e. The van der Waals surface area contributed by atoms with Crippen molar-refractivity contribution in [3.05, 3.63) is 58.7 Å². The number of benzene rings is 2. The first-order chi connectivity index (χ1) is 18.0. The van der Waals surface area contributed by atoms with Gasteiger partial charge in [-0.15, -0.1) is 0 Å². The molecule has 11 heteroatoms. The van der Waals surface area contributed by atoms with Gasteiger partial charge in [0.1, 0.15) is 6.04 Å². The summed E-state index contributed by atoms with van der Waals surface area (Å²) in [6.07, 6.45) is 3.14. The molecule has 0 aliphatic carbocycles. The lowest BCUT2D eigenvalue weighted by Gasteiger charge is -2.30. The molecule has 38 heavy (non-hydrogen) atoms. The van der Waals surface area contributed by atoms with E-state index in [1.165, 1.54) is 17.0 Å². The Morgan fingerprint density at radius 1 is 1.21 bits per heavy atom. The van der Waals surface area contributed by atoms with Crippen LogP contribution in [0, 0.1) is 5.92 Å². The van der Waals surface area contributed by atoms with E-state index in [4.69, 9.17) is 11.6 Å². The Kier molecular flexibility index (Phi) is 7.15. The van der Waals surface area contributed by atoms with Crippen LogP contribution in [0.2, 0.25) is 5.02 Å². The summed E-state index contributed by atoms with van der Waals surface area (Å²) < 4.78 is 28.7. The number of hydrogen-bond acceptors (Lipinski definition) is 4. The molecule has 0 saturated carbocycles. The van der Waals surface area contributed by atoms with Crippen LogP contribution in [-0.2, 0) is 21.2 Å². The highest BCUT2D eigenvalue weighted by Gasteiger charge is 2.37. The number of anilines is 1. The summed E-state index contributed by atoms with van der Waals surface area (Å²) in [5.41, 5.74) is 3.31. The van der Waals surface area contributed by atoms with Crippen LogP contribution in [0.4, 0.5) is 10.5 Å². The number of sulfonamides is 1. The molecule has 2 aromatic carbocycles. The first kappa shape index (κ1) is 26.5. The maximum atomic E-state index is 13.3.